The van der Waals surface area contributed by atoms with Crippen LogP contribution in [0.4, 0.5) is 5.69 Å². The first-order valence-corrected chi connectivity index (χ1v) is 7.62. The molecule has 0 aromatic heterocycles. The molecule has 0 bridgehead atoms. The summed E-state index contributed by atoms with van der Waals surface area (Å²) in [5, 5.41) is 0.0635. The first-order valence-electron chi connectivity index (χ1n) is 6.63. The highest BCUT2D eigenvalue weighted by atomic mass is 32.2. The second kappa shape index (κ2) is 6.76. The molecule has 5 nitrogen and oxygen atoms in total. The monoisotopic (exact) mass is 307 g/mol. The largest absolute Gasteiger partial charge is 0.465 e. The summed E-state index contributed by atoms with van der Waals surface area (Å²) in [7, 11) is 1.32. The zero-order valence-electron chi connectivity index (χ0n) is 12.0. The summed E-state index contributed by atoms with van der Waals surface area (Å²) in [6.45, 7) is 2.10. The van der Waals surface area contributed by atoms with Gasteiger partial charge in [-0.15, -0.1) is 0 Å². The van der Waals surface area contributed by atoms with Crippen LogP contribution in [0.3, 0.4) is 0 Å². The third-order valence-electron chi connectivity index (χ3n) is 3.31. The van der Waals surface area contributed by atoms with E-state index in [2.05, 4.69) is 4.74 Å². The number of carbonyl (C=O) groups is 3. The van der Waals surface area contributed by atoms with Crippen molar-refractivity contribution in [3.8, 4) is 0 Å². The maximum absolute atomic E-state index is 12.1. The Morgan fingerprint density at radius 3 is 2.86 bits per heavy atom. The van der Waals surface area contributed by atoms with Gasteiger partial charge in [0.05, 0.1) is 12.7 Å². The van der Waals surface area contributed by atoms with Gasteiger partial charge in [-0.25, -0.2) is 4.79 Å². The lowest BCUT2D eigenvalue weighted by atomic mass is 10.1. The van der Waals surface area contributed by atoms with Crippen molar-refractivity contribution in [3.05, 3.63) is 29.8 Å². The maximum Gasteiger partial charge on any atom is 0.337 e. The van der Waals surface area contributed by atoms with Crippen molar-refractivity contribution in [2.75, 3.05) is 24.3 Å². The Morgan fingerprint density at radius 2 is 2.19 bits per heavy atom. The quantitative estimate of drug-likeness (QED) is 0.797. The van der Waals surface area contributed by atoms with E-state index in [-0.39, 0.29) is 16.9 Å². The van der Waals surface area contributed by atoms with Gasteiger partial charge in [0.15, 0.2) is 5.12 Å². The van der Waals surface area contributed by atoms with E-state index < -0.39 is 5.97 Å². The highest BCUT2D eigenvalue weighted by molar-refractivity contribution is 8.13. The molecule has 0 N–H and O–H groups in total. The van der Waals surface area contributed by atoms with Crippen molar-refractivity contribution < 1.29 is 19.1 Å². The van der Waals surface area contributed by atoms with E-state index in [0.717, 1.165) is 0 Å². The number of carbonyl (C=O) groups excluding carboxylic acids is 3. The maximum atomic E-state index is 12.1. The predicted octanol–water partition coefficient (Wildman–Crippen LogP) is 2.11. The van der Waals surface area contributed by atoms with Crippen molar-refractivity contribution in [3.63, 3.8) is 0 Å². The molecule has 1 aliphatic rings. The Bertz CT molecular complexity index is 573. The van der Waals surface area contributed by atoms with Crippen LogP contribution in [0.5, 0.6) is 0 Å². The molecule has 112 valence electrons. The molecule has 1 aromatic carbocycles. The van der Waals surface area contributed by atoms with Gasteiger partial charge in [0.25, 0.3) is 0 Å². The Morgan fingerprint density at radius 1 is 1.43 bits per heavy atom. The number of nitrogens with zero attached hydrogens (tertiary/aromatic N) is 1. The molecule has 1 unspecified atom stereocenters. The number of methoxy groups -OCH3 is 1. The lowest BCUT2D eigenvalue weighted by Gasteiger charge is -2.17. The second-order valence-corrected chi connectivity index (χ2v) is 6.12. The van der Waals surface area contributed by atoms with Crippen molar-refractivity contribution in [1.82, 2.24) is 0 Å². The molecule has 1 heterocycles. The second-order valence-electron chi connectivity index (χ2n) is 4.92. The molecule has 6 heteroatoms. The Labute approximate surface area is 127 Å². The van der Waals surface area contributed by atoms with Crippen LogP contribution in [0.2, 0.25) is 0 Å². The van der Waals surface area contributed by atoms with Crippen LogP contribution in [0.15, 0.2) is 24.3 Å². The van der Waals surface area contributed by atoms with Crippen molar-refractivity contribution in [2.45, 2.75) is 13.3 Å². The van der Waals surface area contributed by atoms with Crippen molar-refractivity contribution >= 4 is 34.4 Å². The number of ether oxygens (including phenoxy) is 1. The topological polar surface area (TPSA) is 63.7 Å². The van der Waals surface area contributed by atoms with E-state index in [4.69, 9.17) is 0 Å². The van der Waals surface area contributed by atoms with E-state index in [1.165, 1.54) is 25.8 Å². The molecule has 0 saturated carbocycles. The highest BCUT2D eigenvalue weighted by Gasteiger charge is 2.31. The van der Waals surface area contributed by atoms with Crippen molar-refractivity contribution in [1.29, 1.82) is 0 Å². The molecular formula is C15H17NO4S. The third kappa shape index (κ3) is 3.85. The van der Waals surface area contributed by atoms with Gasteiger partial charge in [0, 0.05) is 31.3 Å². The summed E-state index contributed by atoms with van der Waals surface area (Å²) >= 11 is 1.25. The molecule has 1 fully saturated rings. The van der Waals surface area contributed by atoms with Crippen LogP contribution in [0.25, 0.3) is 0 Å². The standard InChI is InChI=1S/C15H17NO4S/c1-10(17)21-9-11-6-14(18)16(8-11)13-5-3-4-12(7-13)15(19)20-2/h3-5,7,11H,6,8-9H2,1-2H3. The van der Waals surface area contributed by atoms with Crippen LogP contribution in [0, 0.1) is 5.92 Å². The van der Waals surface area contributed by atoms with Crippen LogP contribution in [-0.2, 0) is 14.3 Å². The van der Waals surface area contributed by atoms with Gasteiger partial charge in [-0.1, -0.05) is 17.8 Å². The van der Waals surface area contributed by atoms with E-state index in [1.54, 1.807) is 29.2 Å². The molecule has 1 amide bonds. The fourth-order valence-corrected chi connectivity index (χ4v) is 2.99. The minimum atomic E-state index is -0.424. The lowest BCUT2D eigenvalue weighted by molar-refractivity contribution is -0.117. The summed E-state index contributed by atoms with van der Waals surface area (Å²) in [6.07, 6.45) is 0.433. The molecule has 0 radical (unpaired) electrons. The lowest BCUT2D eigenvalue weighted by Crippen LogP contribution is -2.25. The Kier molecular flexibility index (Phi) is 5.01. The summed E-state index contributed by atoms with van der Waals surface area (Å²) in [4.78, 5) is 36.3. The number of benzene rings is 1. The first-order chi connectivity index (χ1) is 10.0. The molecule has 0 spiro atoms. The fraction of sp³-hybridized carbons (Fsp3) is 0.400. The number of amides is 1. The molecular weight excluding hydrogens is 290 g/mol. The normalized spacial score (nSPS) is 17.9. The highest BCUT2D eigenvalue weighted by Crippen LogP contribution is 2.28. The van der Waals surface area contributed by atoms with Gasteiger partial charge in [0.2, 0.25) is 5.91 Å². The summed E-state index contributed by atoms with van der Waals surface area (Å²) < 4.78 is 4.68. The molecule has 0 aliphatic carbocycles. The molecule has 21 heavy (non-hydrogen) atoms. The number of hydrogen-bond acceptors (Lipinski definition) is 5. The van der Waals surface area contributed by atoms with Crippen molar-refractivity contribution in [2.24, 2.45) is 5.92 Å². The van der Waals surface area contributed by atoms with Gasteiger partial charge in [0.1, 0.15) is 0 Å². The van der Waals surface area contributed by atoms with Crippen LogP contribution in [-0.4, -0.2) is 36.4 Å². The molecule has 1 aliphatic heterocycles. The van der Waals surface area contributed by atoms with Gasteiger partial charge >= 0.3 is 5.97 Å². The average Bonchev–Trinajstić information content (AvgIpc) is 2.85. The predicted molar refractivity (Wildman–Crippen MR) is 81.4 cm³/mol. The van der Waals surface area contributed by atoms with Gasteiger partial charge in [-0.2, -0.15) is 0 Å². The van der Waals surface area contributed by atoms with E-state index >= 15 is 0 Å². The number of esters is 1. The number of rotatable bonds is 4. The Hall–Kier alpha value is -1.82. The number of anilines is 1. The minimum Gasteiger partial charge on any atom is -0.465 e. The molecule has 2 rings (SSSR count). The summed E-state index contributed by atoms with van der Waals surface area (Å²) in [6, 6.07) is 6.83. The van der Waals surface area contributed by atoms with Gasteiger partial charge in [-0.05, 0) is 24.1 Å². The van der Waals surface area contributed by atoms with E-state index in [1.807, 2.05) is 0 Å². The number of thioether (sulfide) groups is 1. The molecule has 1 saturated heterocycles. The summed E-state index contributed by atoms with van der Waals surface area (Å²) in [5.74, 6) is 0.403. The van der Waals surface area contributed by atoms with Crippen LogP contribution in [0.1, 0.15) is 23.7 Å². The SMILES string of the molecule is COC(=O)c1cccc(N2CC(CSC(C)=O)CC2=O)c1. The zero-order valence-corrected chi connectivity index (χ0v) is 12.8. The van der Waals surface area contributed by atoms with Gasteiger partial charge < -0.3 is 9.64 Å². The molecule has 1 atom stereocenters. The zero-order chi connectivity index (χ0) is 15.4. The average molecular weight is 307 g/mol. The smallest absolute Gasteiger partial charge is 0.337 e. The van der Waals surface area contributed by atoms with Crippen LogP contribution >= 0.6 is 11.8 Å². The van der Waals surface area contributed by atoms with Crippen LogP contribution < -0.4 is 4.90 Å². The third-order valence-corrected chi connectivity index (χ3v) is 4.35. The van der Waals surface area contributed by atoms with Gasteiger partial charge in [-0.3, -0.25) is 9.59 Å². The fourth-order valence-electron chi connectivity index (χ4n) is 2.30. The Balaban J connectivity index is 2.10. The van der Waals surface area contributed by atoms with E-state index in [9.17, 15) is 14.4 Å². The minimum absolute atomic E-state index is 0.0196. The molecule has 1 aromatic rings. The first kappa shape index (κ1) is 15.6. The summed E-state index contributed by atoms with van der Waals surface area (Å²) in [5.41, 5.74) is 1.11. The van der Waals surface area contributed by atoms with E-state index in [0.29, 0.717) is 30.0 Å². The number of hydrogen-bond donors (Lipinski definition) is 0.